The number of hydrogen-bond acceptors (Lipinski definition) is 5. The first-order valence-corrected chi connectivity index (χ1v) is 23.1. The molecule has 0 rings (SSSR count). The Balaban J connectivity index is 4.28. The Labute approximate surface area is 346 Å². The van der Waals surface area contributed by atoms with E-state index in [2.05, 4.69) is 99.8 Å². The fourth-order valence-corrected chi connectivity index (χ4v) is 6.00. The molecule has 56 heavy (non-hydrogen) atoms. The molecule has 0 aromatic carbocycles. The van der Waals surface area contributed by atoms with Gasteiger partial charge in [0.05, 0.1) is 6.61 Å². The predicted molar refractivity (Wildman–Crippen MR) is 242 cm³/mol. The lowest BCUT2D eigenvalue weighted by atomic mass is 10.1. The fourth-order valence-electron chi connectivity index (χ4n) is 6.00. The third kappa shape index (κ3) is 43.8. The number of unbranched alkanes of at least 4 members (excludes halogenated alkanes) is 16. The zero-order valence-electron chi connectivity index (χ0n) is 36.6. The van der Waals surface area contributed by atoms with Crippen LogP contribution >= 0.6 is 0 Å². The molecule has 0 amide bonds. The third-order valence-corrected chi connectivity index (χ3v) is 9.43. The molecule has 0 aromatic heterocycles. The van der Waals surface area contributed by atoms with Crippen LogP contribution in [0.25, 0.3) is 0 Å². The van der Waals surface area contributed by atoms with Crippen molar-refractivity contribution in [1.29, 1.82) is 0 Å². The molecule has 0 radical (unpaired) electrons. The van der Waals surface area contributed by atoms with Crippen LogP contribution in [-0.4, -0.2) is 37.9 Å². The van der Waals surface area contributed by atoms with Gasteiger partial charge >= 0.3 is 11.9 Å². The summed E-state index contributed by atoms with van der Waals surface area (Å²) in [5.41, 5.74) is 0. The SMILES string of the molecule is CC/C=C\C/C=C\C/C=C\C/C=C\CCC(=O)OC(COCCCCCCCCCC)COC(=O)CCCCCCCC/C=C\C/C=C\C/C=C\CCCCC. The Morgan fingerprint density at radius 2 is 0.839 bits per heavy atom. The summed E-state index contributed by atoms with van der Waals surface area (Å²) in [6.45, 7) is 7.56. The van der Waals surface area contributed by atoms with Gasteiger partial charge in [0.1, 0.15) is 6.61 Å². The first-order valence-electron chi connectivity index (χ1n) is 23.1. The molecule has 0 spiro atoms. The smallest absolute Gasteiger partial charge is 0.306 e. The second-order valence-electron chi connectivity index (χ2n) is 14.9. The number of carbonyl (C=O) groups excluding carboxylic acids is 2. The highest BCUT2D eigenvalue weighted by Gasteiger charge is 2.17. The van der Waals surface area contributed by atoms with Crippen molar-refractivity contribution in [2.45, 2.75) is 207 Å². The van der Waals surface area contributed by atoms with Gasteiger partial charge in [0.25, 0.3) is 0 Å². The van der Waals surface area contributed by atoms with E-state index in [1.54, 1.807) is 0 Å². The lowest BCUT2D eigenvalue weighted by molar-refractivity contribution is -0.162. The molecule has 1 unspecified atom stereocenters. The first-order chi connectivity index (χ1) is 27.6. The molecule has 0 saturated heterocycles. The standard InChI is InChI=1S/C51H86O5/c1-4-7-10-13-16-19-21-23-24-25-26-27-28-30-31-33-35-38-41-44-50(52)55-48-49(47-54-46-43-40-37-18-15-12-9-6-3)56-51(53)45-42-39-36-34-32-29-22-20-17-14-11-8-5-2/h8,11,16-17,19-20,23-24,26-27,29,32,36,39,49H,4-7,9-10,12-15,18,21-22,25,28,30-31,33-35,37-38,40-48H2,1-3H3/b11-8-,19-16-,20-17-,24-23-,27-26-,32-29-,39-36-. The highest BCUT2D eigenvalue weighted by atomic mass is 16.6. The monoisotopic (exact) mass is 779 g/mol. The lowest BCUT2D eigenvalue weighted by Gasteiger charge is -2.18. The van der Waals surface area contributed by atoms with Crippen LogP contribution in [-0.2, 0) is 23.8 Å². The van der Waals surface area contributed by atoms with Gasteiger partial charge in [-0.25, -0.2) is 0 Å². The highest BCUT2D eigenvalue weighted by Crippen LogP contribution is 2.12. The van der Waals surface area contributed by atoms with Crippen molar-refractivity contribution in [3.05, 3.63) is 85.1 Å². The highest BCUT2D eigenvalue weighted by molar-refractivity contribution is 5.70. The van der Waals surface area contributed by atoms with E-state index >= 15 is 0 Å². The van der Waals surface area contributed by atoms with Gasteiger partial charge in [-0.1, -0.05) is 189 Å². The number of rotatable bonds is 41. The van der Waals surface area contributed by atoms with Gasteiger partial charge in [0.15, 0.2) is 6.10 Å². The molecular weight excluding hydrogens is 693 g/mol. The predicted octanol–water partition coefficient (Wildman–Crippen LogP) is 15.3. The maximum absolute atomic E-state index is 12.7. The van der Waals surface area contributed by atoms with Crippen molar-refractivity contribution in [2.75, 3.05) is 19.8 Å². The van der Waals surface area contributed by atoms with E-state index < -0.39 is 6.10 Å². The molecule has 0 aromatic rings. The largest absolute Gasteiger partial charge is 0.462 e. The van der Waals surface area contributed by atoms with Crippen molar-refractivity contribution in [1.82, 2.24) is 0 Å². The quantitative estimate of drug-likeness (QED) is 0.0351. The summed E-state index contributed by atoms with van der Waals surface area (Å²) in [7, 11) is 0. The second kappa shape index (κ2) is 46.5. The number of hydrogen-bond donors (Lipinski definition) is 0. The molecule has 5 nitrogen and oxygen atoms in total. The molecule has 5 heteroatoms. The fraction of sp³-hybridized carbons (Fsp3) is 0.686. The summed E-state index contributed by atoms with van der Waals surface area (Å²) < 4.78 is 17.2. The summed E-state index contributed by atoms with van der Waals surface area (Å²) in [6.07, 6.45) is 60.3. The third-order valence-electron chi connectivity index (χ3n) is 9.43. The maximum Gasteiger partial charge on any atom is 0.306 e. The van der Waals surface area contributed by atoms with Crippen LogP contribution in [0.1, 0.15) is 201 Å². The topological polar surface area (TPSA) is 61.8 Å². The van der Waals surface area contributed by atoms with Crippen LogP contribution in [0, 0.1) is 0 Å². The van der Waals surface area contributed by atoms with E-state index in [4.69, 9.17) is 14.2 Å². The molecule has 0 aliphatic carbocycles. The van der Waals surface area contributed by atoms with Gasteiger partial charge in [-0.05, 0) is 83.5 Å². The van der Waals surface area contributed by atoms with Gasteiger partial charge in [-0.15, -0.1) is 0 Å². The second-order valence-corrected chi connectivity index (χ2v) is 14.9. The maximum atomic E-state index is 12.7. The summed E-state index contributed by atoms with van der Waals surface area (Å²) in [5, 5.41) is 0. The van der Waals surface area contributed by atoms with Crippen molar-refractivity contribution in [2.24, 2.45) is 0 Å². The Bertz CT molecular complexity index is 1060. The minimum atomic E-state index is -0.578. The van der Waals surface area contributed by atoms with Gasteiger partial charge in [-0.3, -0.25) is 9.59 Å². The number of allylic oxidation sites excluding steroid dienone is 14. The molecule has 0 heterocycles. The minimum absolute atomic E-state index is 0.0471. The van der Waals surface area contributed by atoms with E-state index in [0.717, 1.165) is 77.0 Å². The van der Waals surface area contributed by atoms with Gasteiger partial charge < -0.3 is 14.2 Å². The normalized spacial score (nSPS) is 13.0. The minimum Gasteiger partial charge on any atom is -0.462 e. The summed E-state index contributed by atoms with van der Waals surface area (Å²) in [5.74, 6) is -0.510. The molecule has 0 N–H and O–H groups in total. The summed E-state index contributed by atoms with van der Waals surface area (Å²) >= 11 is 0. The van der Waals surface area contributed by atoms with Crippen LogP contribution in [0.2, 0.25) is 0 Å². The van der Waals surface area contributed by atoms with Crippen LogP contribution in [0.4, 0.5) is 0 Å². The molecule has 0 fully saturated rings. The summed E-state index contributed by atoms with van der Waals surface area (Å²) in [6, 6.07) is 0. The average Bonchev–Trinajstić information content (AvgIpc) is 3.20. The van der Waals surface area contributed by atoms with Crippen molar-refractivity contribution in [3.63, 3.8) is 0 Å². The van der Waals surface area contributed by atoms with E-state index in [1.807, 2.05) is 6.08 Å². The van der Waals surface area contributed by atoms with Crippen molar-refractivity contribution in [3.8, 4) is 0 Å². The molecule has 320 valence electrons. The number of ether oxygens (including phenoxy) is 3. The Kier molecular flexibility index (Phi) is 44.0. The van der Waals surface area contributed by atoms with Crippen molar-refractivity contribution < 1.29 is 23.8 Å². The van der Waals surface area contributed by atoms with E-state index in [0.29, 0.717) is 25.9 Å². The van der Waals surface area contributed by atoms with Gasteiger partial charge in [0, 0.05) is 19.4 Å². The Morgan fingerprint density at radius 3 is 1.39 bits per heavy atom. The Morgan fingerprint density at radius 1 is 0.411 bits per heavy atom. The zero-order valence-corrected chi connectivity index (χ0v) is 36.6. The van der Waals surface area contributed by atoms with E-state index in [9.17, 15) is 9.59 Å². The lowest BCUT2D eigenvalue weighted by Crippen LogP contribution is -2.30. The van der Waals surface area contributed by atoms with E-state index in [1.165, 1.54) is 83.5 Å². The number of esters is 2. The molecule has 0 bridgehead atoms. The Hall–Kier alpha value is -2.92. The van der Waals surface area contributed by atoms with Crippen LogP contribution in [0.3, 0.4) is 0 Å². The van der Waals surface area contributed by atoms with E-state index in [-0.39, 0.29) is 25.2 Å². The van der Waals surface area contributed by atoms with Gasteiger partial charge in [0.2, 0.25) is 0 Å². The zero-order chi connectivity index (χ0) is 40.7. The molecule has 1 atom stereocenters. The first kappa shape index (κ1) is 53.1. The average molecular weight is 779 g/mol. The molecule has 0 aliphatic rings. The molecule has 0 saturated carbocycles. The molecule has 0 aliphatic heterocycles. The van der Waals surface area contributed by atoms with Crippen LogP contribution in [0.15, 0.2) is 85.1 Å². The van der Waals surface area contributed by atoms with Crippen LogP contribution < -0.4 is 0 Å². The van der Waals surface area contributed by atoms with Crippen molar-refractivity contribution >= 4 is 11.9 Å². The number of carbonyl (C=O) groups is 2. The summed E-state index contributed by atoms with van der Waals surface area (Å²) in [4.78, 5) is 25.2. The van der Waals surface area contributed by atoms with Crippen LogP contribution in [0.5, 0.6) is 0 Å². The van der Waals surface area contributed by atoms with Gasteiger partial charge in [-0.2, -0.15) is 0 Å². The molecular formula is C51H86O5.